The number of benzene rings is 2. The second kappa shape index (κ2) is 8.41. The summed E-state index contributed by atoms with van der Waals surface area (Å²) in [6.45, 7) is -0.393. The Kier molecular flexibility index (Phi) is 6.26. The van der Waals surface area contributed by atoms with Crippen LogP contribution in [-0.4, -0.2) is 12.4 Å². The van der Waals surface area contributed by atoms with E-state index in [1.807, 2.05) is 30.3 Å². The van der Waals surface area contributed by atoms with E-state index < -0.39 is 35.5 Å². The lowest BCUT2D eigenvalue weighted by molar-refractivity contribution is -0.143. The number of ether oxygens (including phenoxy) is 1. The van der Waals surface area contributed by atoms with Gasteiger partial charge in [0.25, 0.3) is 0 Å². The summed E-state index contributed by atoms with van der Waals surface area (Å²) < 4.78 is 83.8. The summed E-state index contributed by atoms with van der Waals surface area (Å²) in [7, 11) is 0. The van der Waals surface area contributed by atoms with Crippen molar-refractivity contribution in [1.29, 1.82) is 0 Å². The zero-order valence-corrected chi connectivity index (χ0v) is 15.9. The van der Waals surface area contributed by atoms with Crippen molar-refractivity contribution in [2.45, 2.75) is 50.1 Å². The lowest BCUT2D eigenvalue weighted by Gasteiger charge is -2.37. The molecule has 1 aliphatic carbocycles. The highest BCUT2D eigenvalue weighted by atomic mass is 19.4. The third-order valence-electron chi connectivity index (χ3n) is 5.33. The monoisotopic (exact) mass is 430 g/mol. The molecule has 2 aromatic carbocycles. The summed E-state index contributed by atoms with van der Waals surface area (Å²) in [6.07, 6.45) is -7.82. The minimum Gasteiger partial charge on any atom is -0.376 e. The van der Waals surface area contributed by atoms with Crippen molar-refractivity contribution in [1.82, 2.24) is 0 Å². The summed E-state index contributed by atoms with van der Waals surface area (Å²) in [5.41, 5.74) is -2.73. The van der Waals surface area contributed by atoms with Crippen LogP contribution in [-0.2, 0) is 33.9 Å². The number of rotatable bonds is 5. The van der Waals surface area contributed by atoms with Gasteiger partial charge in [0.2, 0.25) is 0 Å². The first-order valence-electron chi connectivity index (χ1n) is 9.43. The minimum atomic E-state index is -4.91. The molecular formula is C22H20F6O2. The molecule has 2 nitrogen and oxygen atoms in total. The molecular weight excluding hydrogens is 410 g/mol. The van der Waals surface area contributed by atoms with Gasteiger partial charge in [0, 0.05) is 18.3 Å². The van der Waals surface area contributed by atoms with Crippen molar-refractivity contribution in [3.63, 3.8) is 0 Å². The zero-order chi connectivity index (χ0) is 22.0. The number of hydrogen-bond acceptors (Lipinski definition) is 2. The van der Waals surface area contributed by atoms with Crippen LogP contribution in [0.5, 0.6) is 0 Å². The standard InChI is InChI=1S/C22H20F6O2/c23-21(24,25)17-9-15(10-18(11-17)22(26,27)28)13-30-14-20(8-4-7-19(29)12-20)16-5-2-1-3-6-16/h1-3,5-6,9-11H,4,7-8,12-14H2. The molecule has 1 unspecified atom stereocenters. The van der Waals surface area contributed by atoms with Crippen molar-refractivity contribution < 1.29 is 35.9 Å². The van der Waals surface area contributed by atoms with Crippen LogP contribution in [0.15, 0.2) is 48.5 Å². The lowest BCUT2D eigenvalue weighted by Crippen LogP contribution is -2.37. The summed E-state index contributed by atoms with van der Waals surface area (Å²) in [5.74, 6) is 0.0622. The second-order valence-corrected chi connectivity index (χ2v) is 7.62. The molecule has 0 N–H and O–H groups in total. The molecule has 2 aromatic rings. The van der Waals surface area contributed by atoms with Crippen LogP contribution < -0.4 is 0 Å². The molecule has 162 valence electrons. The summed E-state index contributed by atoms with van der Waals surface area (Å²) in [6, 6.07) is 10.6. The molecule has 0 amide bonds. The van der Waals surface area contributed by atoms with E-state index in [9.17, 15) is 31.1 Å². The predicted octanol–water partition coefficient (Wildman–Crippen LogP) is 6.32. The van der Waals surface area contributed by atoms with Gasteiger partial charge in [-0.25, -0.2) is 0 Å². The fourth-order valence-corrected chi connectivity index (χ4v) is 3.89. The molecule has 1 saturated carbocycles. The van der Waals surface area contributed by atoms with E-state index in [-0.39, 0.29) is 30.4 Å². The molecule has 0 bridgehead atoms. The van der Waals surface area contributed by atoms with Gasteiger partial charge in [-0.05, 0) is 42.2 Å². The zero-order valence-electron chi connectivity index (χ0n) is 15.9. The number of ketones is 1. The average molecular weight is 430 g/mol. The van der Waals surface area contributed by atoms with Gasteiger partial charge in [0.15, 0.2) is 0 Å². The molecule has 3 rings (SSSR count). The maximum absolute atomic E-state index is 13.0. The van der Waals surface area contributed by atoms with Gasteiger partial charge in [-0.1, -0.05) is 30.3 Å². The fourth-order valence-electron chi connectivity index (χ4n) is 3.89. The molecule has 0 aromatic heterocycles. The largest absolute Gasteiger partial charge is 0.416 e. The van der Waals surface area contributed by atoms with E-state index in [0.29, 0.717) is 31.4 Å². The topological polar surface area (TPSA) is 26.3 Å². The first-order valence-corrected chi connectivity index (χ1v) is 9.43. The number of Topliss-reactive ketones (excluding diaryl/α,β-unsaturated/α-hetero) is 1. The van der Waals surface area contributed by atoms with E-state index in [1.54, 1.807) is 0 Å². The van der Waals surface area contributed by atoms with Crippen LogP contribution >= 0.6 is 0 Å². The third-order valence-corrected chi connectivity index (χ3v) is 5.33. The quantitative estimate of drug-likeness (QED) is 0.519. The SMILES string of the molecule is O=C1CCCC(COCc2cc(C(F)(F)F)cc(C(F)(F)F)c2)(c2ccccc2)C1. The smallest absolute Gasteiger partial charge is 0.376 e. The summed E-state index contributed by atoms with van der Waals surface area (Å²) >= 11 is 0. The molecule has 0 spiro atoms. The van der Waals surface area contributed by atoms with Gasteiger partial charge in [-0.15, -0.1) is 0 Å². The van der Waals surface area contributed by atoms with E-state index in [0.717, 1.165) is 5.56 Å². The Hall–Kier alpha value is -2.35. The van der Waals surface area contributed by atoms with Crippen LogP contribution in [0.25, 0.3) is 0 Å². The Morgan fingerprint density at radius 3 is 2.03 bits per heavy atom. The van der Waals surface area contributed by atoms with E-state index in [4.69, 9.17) is 4.74 Å². The van der Waals surface area contributed by atoms with Crippen LogP contribution in [0.2, 0.25) is 0 Å². The maximum atomic E-state index is 13.0. The Bertz CT molecular complexity index is 856. The Balaban J connectivity index is 1.82. The highest BCUT2D eigenvalue weighted by Gasteiger charge is 2.39. The molecule has 30 heavy (non-hydrogen) atoms. The molecule has 1 fully saturated rings. The number of halogens is 6. The lowest BCUT2D eigenvalue weighted by atomic mass is 9.69. The summed E-state index contributed by atoms with van der Waals surface area (Å²) in [4.78, 5) is 12.1. The molecule has 0 aliphatic heterocycles. The van der Waals surface area contributed by atoms with Gasteiger partial charge in [0.1, 0.15) is 5.78 Å². The van der Waals surface area contributed by atoms with Gasteiger partial charge < -0.3 is 4.74 Å². The third kappa shape index (κ3) is 5.22. The van der Waals surface area contributed by atoms with Crippen molar-refractivity contribution in [2.24, 2.45) is 0 Å². The number of carbonyl (C=O) groups excluding carboxylic acids is 1. The highest BCUT2D eigenvalue weighted by molar-refractivity contribution is 5.81. The first kappa shape index (κ1) is 22.3. The molecule has 0 saturated heterocycles. The average Bonchev–Trinajstić information content (AvgIpc) is 2.67. The van der Waals surface area contributed by atoms with Gasteiger partial charge >= 0.3 is 12.4 Å². The molecule has 0 radical (unpaired) electrons. The number of hydrogen-bond donors (Lipinski definition) is 0. The van der Waals surface area contributed by atoms with Crippen molar-refractivity contribution in [3.8, 4) is 0 Å². The Morgan fingerprint density at radius 2 is 1.50 bits per heavy atom. The van der Waals surface area contributed by atoms with Crippen molar-refractivity contribution in [3.05, 3.63) is 70.8 Å². The Morgan fingerprint density at radius 1 is 0.900 bits per heavy atom. The van der Waals surface area contributed by atoms with Crippen LogP contribution in [0.3, 0.4) is 0 Å². The van der Waals surface area contributed by atoms with Crippen LogP contribution in [0.4, 0.5) is 26.3 Å². The fraction of sp³-hybridized carbons (Fsp3) is 0.409. The summed E-state index contributed by atoms with van der Waals surface area (Å²) in [5, 5.41) is 0. The van der Waals surface area contributed by atoms with Gasteiger partial charge in [-0.3, -0.25) is 4.79 Å². The van der Waals surface area contributed by atoms with Crippen molar-refractivity contribution >= 4 is 5.78 Å². The number of carbonyl (C=O) groups is 1. The van der Waals surface area contributed by atoms with Crippen molar-refractivity contribution in [2.75, 3.05) is 6.61 Å². The molecule has 1 atom stereocenters. The second-order valence-electron chi connectivity index (χ2n) is 7.62. The van der Waals surface area contributed by atoms with E-state index >= 15 is 0 Å². The maximum Gasteiger partial charge on any atom is 0.416 e. The minimum absolute atomic E-state index is 0.0281. The predicted molar refractivity (Wildman–Crippen MR) is 97.7 cm³/mol. The molecule has 8 heteroatoms. The Labute approximate surface area is 169 Å². The van der Waals surface area contributed by atoms with Crippen LogP contribution in [0, 0.1) is 0 Å². The highest BCUT2D eigenvalue weighted by Crippen LogP contribution is 2.39. The van der Waals surface area contributed by atoms with E-state index in [2.05, 4.69) is 0 Å². The first-order chi connectivity index (χ1) is 14.0. The number of alkyl halides is 6. The molecule has 0 heterocycles. The van der Waals surface area contributed by atoms with Gasteiger partial charge in [-0.2, -0.15) is 26.3 Å². The van der Waals surface area contributed by atoms with Crippen LogP contribution in [0.1, 0.15) is 47.9 Å². The normalized spacial score (nSPS) is 20.4. The van der Waals surface area contributed by atoms with Gasteiger partial charge in [0.05, 0.1) is 24.3 Å². The van der Waals surface area contributed by atoms with E-state index in [1.165, 1.54) is 0 Å². The molecule has 1 aliphatic rings.